The van der Waals surface area contributed by atoms with Gasteiger partial charge in [-0.2, -0.15) is 0 Å². The summed E-state index contributed by atoms with van der Waals surface area (Å²) in [4.78, 5) is 29.0. The Labute approximate surface area is 192 Å². The number of rotatable bonds is 4. The average Bonchev–Trinajstić information content (AvgIpc) is 3.61. The molecule has 3 aliphatic carbocycles. The lowest BCUT2D eigenvalue weighted by molar-refractivity contribution is -0.148. The summed E-state index contributed by atoms with van der Waals surface area (Å²) in [5.41, 5.74) is -1.10. The number of amides is 2. The second-order valence-corrected chi connectivity index (χ2v) is 11.2. The van der Waals surface area contributed by atoms with E-state index in [1.54, 1.807) is 4.90 Å². The predicted octanol–water partition coefficient (Wildman–Crippen LogP) is 1.78. The Bertz CT molecular complexity index is 695. The number of ether oxygens (including phenoxy) is 1. The SMILES string of the molecule is COC1CCC2CC(C3CCC(C(=O)N4CCN(C(=O)C5(O)CC5)CC4)NC3)CCC2C1. The molecule has 0 aromatic rings. The normalized spacial score (nSPS) is 39.3. The lowest BCUT2D eigenvalue weighted by Gasteiger charge is -2.45. The molecule has 0 aromatic carbocycles. The van der Waals surface area contributed by atoms with E-state index >= 15 is 0 Å². The third-order valence-corrected chi connectivity index (χ3v) is 9.36. The number of fused-ring (bicyclic) bond motifs is 1. The van der Waals surface area contributed by atoms with Crippen molar-refractivity contribution in [3.8, 4) is 0 Å². The number of hydrogen-bond donors (Lipinski definition) is 2. The molecule has 3 saturated carbocycles. The van der Waals surface area contributed by atoms with Crippen LogP contribution in [0.1, 0.15) is 64.2 Å². The smallest absolute Gasteiger partial charge is 0.254 e. The highest BCUT2D eigenvalue weighted by molar-refractivity contribution is 5.88. The van der Waals surface area contributed by atoms with Crippen molar-refractivity contribution >= 4 is 11.8 Å². The summed E-state index contributed by atoms with van der Waals surface area (Å²) in [6.07, 6.45) is 11.6. The van der Waals surface area contributed by atoms with Gasteiger partial charge in [-0.3, -0.25) is 9.59 Å². The van der Waals surface area contributed by atoms with Crippen molar-refractivity contribution in [2.45, 2.75) is 82.0 Å². The minimum absolute atomic E-state index is 0.0744. The molecule has 5 rings (SSSR count). The van der Waals surface area contributed by atoms with Crippen molar-refractivity contribution in [2.75, 3.05) is 39.8 Å². The van der Waals surface area contributed by atoms with Crippen molar-refractivity contribution < 1.29 is 19.4 Å². The molecule has 2 amide bonds. The highest BCUT2D eigenvalue weighted by atomic mass is 16.5. The molecule has 0 bridgehead atoms. The zero-order chi connectivity index (χ0) is 22.3. The number of carbonyl (C=O) groups excluding carboxylic acids is 2. The lowest BCUT2D eigenvalue weighted by atomic mass is 9.63. The highest BCUT2D eigenvalue weighted by Crippen LogP contribution is 2.46. The maximum Gasteiger partial charge on any atom is 0.254 e. The van der Waals surface area contributed by atoms with E-state index in [4.69, 9.17) is 4.74 Å². The minimum atomic E-state index is -1.10. The molecule has 0 radical (unpaired) electrons. The van der Waals surface area contributed by atoms with Gasteiger partial charge in [0.25, 0.3) is 5.91 Å². The first kappa shape index (κ1) is 22.6. The zero-order valence-corrected chi connectivity index (χ0v) is 19.6. The first-order chi connectivity index (χ1) is 15.5. The average molecular weight is 448 g/mol. The summed E-state index contributed by atoms with van der Waals surface area (Å²) in [6, 6.07) is -0.0744. The molecule has 7 nitrogen and oxygen atoms in total. The fourth-order valence-electron chi connectivity index (χ4n) is 6.99. The summed E-state index contributed by atoms with van der Waals surface area (Å²) >= 11 is 0. The fraction of sp³-hybridized carbons (Fsp3) is 0.920. The van der Waals surface area contributed by atoms with Crippen molar-refractivity contribution in [1.29, 1.82) is 0 Å². The molecule has 5 fully saturated rings. The summed E-state index contributed by atoms with van der Waals surface area (Å²) < 4.78 is 5.63. The Balaban J connectivity index is 1.06. The molecule has 7 heteroatoms. The van der Waals surface area contributed by atoms with Gasteiger partial charge in [-0.25, -0.2) is 0 Å². The van der Waals surface area contributed by atoms with Crippen LogP contribution in [0.25, 0.3) is 0 Å². The maximum absolute atomic E-state index is 13.1. The molecule has 0 aromatic heterocycles. The van der Waals surface area contributed by atoms with E-state index < -0.39 is 5.60 Å². The predicted molar refractivity (Wildman–Crippen MR) is 121 cm³/mol. The van der Waals surface area contributed by atoms with Gasteiger partial charge in [-0.15, -0.1) is 0 Å². The molecular formula is C25H41N3O4. The van der Waals surface area contributed by atoms with Gasteiger partial charge in [-0.05, 0) is 94.4 Å². The number of hydrogen-bond acceptors (Lipinski definition) is 5. The van der Waals surface area contributed by atoms with E-state index in [-0.39, 0.29) is 17.9 Å². The molecule has 6 atom stereocenters. The number of piperidine rings is 1. The molecule has 5 aliphatic rings. The number of nitrogens with one attached hydrogen (secondary N) is 1. The molecule has 2 aliphatic heterocycles. The van der Waals surface area contributed by atoms with Crippen molar-refractivity contribution in [1.82, 2.24) is 15.1 Å². The van der Waals surface area contributed by atoms with Crippen LogP contribution in [0.4, 0.5) is 0 Å². The van der Waals surface area contributed by atoms with Gasteiger partial charge in [0.15, 0.2) is 0 Å². The summed E-state index contributed by atoms with van der Waals surface area (Å²) in [7, 11) is 1.86. The second-order valence-electron chi connectivity index (χ2n) is 11.2. The van der Waals surface area contributed by atoms with Crippen LogP contribution in [0.5, 0.6) is 0 Å². The summed E-state index contributed by atoms with van der Waals surface area (Å²) in [5.74, 6) is 3.31. The van der Waals surface area contributed by atoms with Crippen LogP contribution in [0.3, 0.4) is 0 Å². The Morgan fingerprint density at radius 2 is 1.44 bits per heavy atom. The van der Waals surface area contributed by atoms with Crippen LogP contribution in [0, 0.1) is 23.7 Å². The Morgan fingerprint density at radius 3 is 2.06 bits per heavy atom. The van der Waals surface area contributed by atoms with Crippen molar-refractivity contribution in [3.05, 3.63) is 0 Å². The molecule has 180 valence electrons. The molecule has 6 unspecified atom stereocenters. The topological polar surface area (TPSA) is 82.1 Å². The molecule has 32 heavy (non-hydrogen) atoms. The number of piperazine rings is 1. The monoisotopic (exact) mass is 447 g/mol. The van der Waals surface area contributed by atoms with E-state index in [0.29, 0.717) is 51.0 Å². The van der Waals surface area contributed by atoms with E-state index in [2.05, 4.69) is 5.32 Å². The molecule has 2 heterocycles. The van der Waals surface area contributed by atoms with Gasteiger partial charge in [-0.1, -0.05) is 0 Å². The minimum Gasteiger partial charge on any atom is -0.381 e. The van der Waals surface area contributed by atoms with Crippen LogP contribution < -0.4 is 5.32 Å². The van der Waals surface area contributed by atoms with Crippen LogP contribution in [0.15, 0.2) is 0 Å². The Hall–Kier alpha value is -1.18. The first-order valence-electron chi connectivity index (χ1n) is 13.0. The van der Waals surface area contributed by atoms with Crippen LogP contribution >= 0.6 is 0 Å². The quantitative estimate of drug-likeness (QED) is 0.687. The number of nitrogens with zero attached hydrogens (tertiary/aromatic N) is 2. The van der Waals surface area contributed by atoms with Gasteiger partial charge in [0.05, 0.1) is 12.1 Å². The number of aliphatic hydroxyl groups is 1. The third kappa shape index (κ3) is 4.58. The van der Waals surface area contributed by atoms with E-state index in [9.17, 15) is 14.7 Å². The third-order valence-electron chi connectivity index (χ3n) is 9.36. The van der Waals surface area contributed by atoms with E-state index in [0.717, 1.165) is 37.1 Å². The van der Waals surface area contributed by atoms with E-state index in [1.807, 2.05) is 12.0 Å². The van der Waals surface area contributed by atoms with Gasteiger partial charge in [0.1, 0.15) is 5.60 Å². The molecule has 2 N–H and O–H groups in total. The fourth-order valence-corrected chi connectivity index (χ4v) is 6.99. The maximum atomic E-state index is 13.1. The van der Waals surface area contributed by atoms with Crippen LogP contribution in [-0.4, -0.2) is 84.3 Å². The standard InChI is InChI=1S/C25H41N3O4/c1-32-21-6-4-17-14-18(2-3-19(17)15-21)20-5-7-22(26-16-20)23(29)27-10-12-28(13-11-27)24(30)25(31)8-9-25/h17-22,26,31H,2-16H2,1H3. The first-order valence-corrected chi connectivity index (χ1v) is 13.0. The van der Waals surface area contributed by atoms with Gasteiger partial charge < -0.3 is 25.0 Å². The summed E-state index contributed by atoms with van der Waals surface area (Å²) in [6.45, 7) is 3.20. The Morgan fingerprint density at radius 1 is 0.844 bits per heavy atom. The largest absolute Gasteiger partial charge is 0.381 e. The molecular weight excluding hydrogens is 406 g/mol. The number of carbonyl (C=O) groups is 2. The zero-order valence-electron chi connectivity index (χ0n) is 19.6. The summed E-state index contributed by atoms with van der Waals surface area (Å²) in [5, 5.41) is 13.6. The van der Waals surface area contributed by atoms with E-state index in [1.165, 1.54) is 38.5 Å². The number of methoxy groups -OCH3 is 1. The van der Waals surface area contributed by atoms with Gasteiger partial charge >= 0.3 is 0 Å². The molecule has 2 saturated heterocycles. The Kier molecular flexibility index (Phi) is 6.52. The van der Waals surface area contributed by atoms with Gasteiger partial charge in [0.2, 0.25) is 5.91 Å². The lowest BCUT2D eigenvalue weighted by Crippen LogP contribution is -2.58. The highest BCUT2D eigenvalue weighted by Gasteiger charge is 2.50. The second kappa shape index (κ2) is 9.22. The van der Waals surface area contributed by atoms with Crippen molar-refractivity contribution in [3.63, 3.8) is 0 Å². The van der Waals surface area contributed by atoms with Crippen LogP contribution in [-0.2, 0) is 14.3 Å². The molecule has 0 spiro atoms. The van der Waals surface area contributed by atoms with Crippen molar-refractivity contribution in [2.24, 2.45) is 23.7 Å². The van der Waals surface area contributed by atoms with Crippen LogP contribution in [0.2, 0.25) is 0 Å². The van der Waals surface area contributed by atoms with Gasteiger partial charge in [0, 0.05) is 33.3 Å².